The maximum absolute atomic E-state index is 13.4. The van der Waals surface area contributed by atoms with E-state index in [0.29, 0.717) is 30.9 Å². The molecule has 38 heavy (non-hydrogen) atoms. The van der Waals surface area contributed by atoms with Gasteiger partial charge in [-0.15, -0.1) is 0 Å². The van der Waals surface area contributed by atoms with Crippen LogP contribution in [0.15, 0.2) is 78.4 Å². The van der Waals surface area contributed by atoms with Crippen molar-refractivity contribution >= 4 is 17.4 Å². The maximum Gasteiger partial charge on any atom is 0.295 e. The third-order valence-electron chi connectivity index (χ3n) is 7.13. The number of carbonyl (C=O) groups excluding carboxylic acids is 2. The van der Waals surface area contributed by atoms with Crippen molar-refractivity contribution in [2.45, 2.75) is 51.7 Å². The molecule has 0 bridgehead atoms. The molecule has 2 aliphatic heterocycles. The minimum atomic E-state index is -0.725. The van der Waals surface area contributed by atoms with Gasteiger partial charge in [0.05, 0.1) is 18.2 Å². The van der Waals surface area contributed by atoms with Gasteiger partial charge in [-0.1, -0.05) is 55.8 Å². The molecular formula is C32H33NO5. The van der Waals surface area contributed by atoms with Gasteiger partial charge in [0, 0.05) is 18.5 Å². The van der Waals surface area contributed by atoms with Crippen molar-refractivity contribution in [1.82, 2.24) is 4.90 Å². The molecule has 0 aromatic heterocycles. The minimum absolute atomic E-state index is 0.0569. The van der Waals surface area contributed by atoms with E-state index in [1.807, 2.05) is 73.7 Å². The molecular weight excluding hydrogens is 478 g/mol. The Balaban J connectivity index is 1.55. The van der Waals surface area contributed by atoms with Crippen LogP contribution in [0, 0.1) is 0 Å². The Hall–Kier alpha value is -4.06. The van der Waals surface area contributed by atoms with Crippen LogP contribution in [0.2, 0.25) is 0 Å². The first kappa shape index (κ1) is 25.6. The maximum atomic E-state index is 13.4. The van der Waals surface area contributed by atoms with Gasteiger partial charge in [0.15, 0.2) is 0 Å². The number of aliphatic hydroxyl groups excluding tert-OH is 1. The molecule has 2 aliphatic rings. The van der Waals surface area contributed by atoms with Gasteiger partial charge in [-0.25, -0.2) is 0 Å². The molecule has 3 aromatic rings. The Labute approximate surface area is 223 Å². The summed E-state index contributed by atoms with van der Waals surface area (Å²) in [7, 11) is 0. The van der Waals surface area contributed by atoms with Crippen molar-refractivity contribution < 1.29 is 24.2 Å². The molecule has 2 atom stereocenters. The molecule has 196 valence electrons. The summed E-state index contributed by atoms with van der Waals surface area (Å²) in [6.07, 6.45) is 3.32. The Kier molecular flexibility index (Phi) is 7.50. The highest BCUT2D eigenvalue weighted by atomic mass is 16.5. The van der Waals surface area contributed by atoms with Gasteiger partial charge in [0.25, 0.3) is 11.7 Å². The number of likely N-dealkylation sites (tertiary alicyclic amines) is 1. The largest absolute Gasteiger partial charge is 0.507 e. The van der Waals surface area contributed by atoms with Crippen LogP contribution in [0.4, 0.5) is 0 Å². The molecule has 0 saturated carbocycles. The van der Waals surface area contributed by atoms with Crippen LogP contribution < -0.4 is 9.47 Å². The zero-order valence-corrected chi connectivity index (χ0v) is 21.9. The van der Waals surface area contributed by atoms with Crippen molar-refractivity contribution in [3.63, 3.8) is 0 Å². The molecule has 6 heteroatoms. The number of Topliss-reactive ketones (excluding diaryl/α,β-unsaturated/α-hetero) is 1. The molecule has 0 radical (unpaired) electrons. The third-order valence-corrected chi connectivity index (χ3v) is 7.13. The smallest absolute Gasteiger partial charge is 0.295 e. The number of unbranched alkanes of at least 4 members (excludes halogenated alkanes) is 1. The van der Waals surface area contributed by atoms with Gasteiger partial charge in [-0.3, -0.25) is 9.59 Å². The summed E-state index contributed by atoms with van der Waals surface area (Å²) in [4.78, 5) is 28.4. The van der Waals surface area contributed by atoms with E-state index in [1.54, 1.807) is 11.0 Å². The lowest BCUT2D eigenvalue weighted by atomic mass is 9.94. The van der Waals surface area contributed by atoms with E-state index in [-0.39, 0.29) is 17.4 Å². The first-order valence-electron chi connectivity index (χ1n) is 13.3. The van der Waals surface area contributed by atoms with Crippen molar-refractivity contribution in [2.24, 2.45) is 0 Å². The number of rotatable bonds is 9. The molecule has 1 fully saturated rings. The van der Waals surface area contributed by atoms with Crippen LogP contribution in [0.1, 0.15) is 55.0 Å². The summed E-state index contributed by atoms with van der Waals surface area (Å²) in [6, 6.07) is 22.0. The second kappa shape index (κ2) is 11.1. The average Bonchev–Trinajstić information content (AvgIpc) is 3.43. The fraction of sp³-hybridized carbons (Fsp3) is 0.312. The molecule has 5 rings (SSSR count). The normalized spacial score (nSPS) is 19.9. The van der Waals surface area contributed by atoms with Crippen molar-refractivity contribution in [1.29, 1.82) is 0 Å². The lowest BCUT2D eigenvalue weighted by Crippen LogP contribution is -2.31. The highest BCUT2D eigenvalue weighted by Gasteiger charge is 2.46. The second-order valence-corrected chi connectivity index (χ2v) is 9.96. The molecule has 0 aliphatic carbocycles. The van der Waals surface area contributed by atoms with Crippen LogP contribution in [-0.4, -0.2) is 41.0 Å². The summed E-state index contributed by atoms with van der Waals surface area (Å²) < 4.78 is 11.7. The first-order valence-corrected chi connectivity index (χ1v) is 13.3. The Morgan fingerprint density at radius 1 is 1.05 bits per heavy atom. The topological polar surface area (TPSA) is 76.1 Å². The molecule has 0 unspecified atom stereocenters. The van der Waals surface area contributed by atoms with Crippen molar-refractivity contribution in [2.75, 3.05) is 13.2 Å². The number of amides is 1. The lowest BCUT2D eigenvalue weighted by Gasteiger charge is -2.26. The highest BCUT2D eigenvalue weighted by Crippen LogP contribution is 2.41. The molecule has 1 saturated heterocycles. The predicted octanol–water partition coefficient (Wildman–Crippen LogP) is 5.85. The summed E-state index contributed by atoms with van der Waals surface area (Å²) >= 11 is 0. The molecule has 0 spiro atoms. The van der Waals surface area contributed by atoms with Gasteiger partial charge in [-0.05, 0) is 66.8 Å². The monoisotopic (exact) mass is 511 g/mol. The SMILES string of the molecule is CCCCOc1cccc([C@@H]2C(=C(O)c3ccc4c(c3)C[C@H](C)O4)C(=O)C(=O)N2CCc2ccccc2)c1. The number of nitrogens with zero attached hydrogens (tertiary/aromatic N) is 1. The number of fused-ring (bicyclic) bond motifs is 1. The van der Waals surface area contributed by atoms with E-state index in [0.717, 1.165) is 41.7 Å². The predicted molar refractivity (Wildman–Crippen MR) is 146 cm³/mol. The number of carbonyl (C=O) groups is 2. The van der Waals surface area contributed by atoms with E-state index in [4.69, 9.17) is 9.47 Å². The number of benzene rings is 3. The lowest BCUT2D eigenvalue weighted by molar-refractivity contribution is -0.139. The highest BCUT2D eigenvalue weighted by molar-refractivity contribution is 6.46. The Morgan fingerprint density at radius 3 is 2.66 bits per heavy atom. The standard InChI is InChI=1S/C32H33NO5/c1-3-4-17-37-26-12-8-11-23(20-26)29-28(30(34)24-13-14-27-25(19-24)18-21(2)38-27)31(35)32(36)33(29)16-15-22-9-6-5-7-10-22/h5-14,19-21,29,34H,3-4,15-18H2,1-2H3/t21-,29+/m0/s1. The zero-order chi connectivity index (χ0) is 26.6. The zero-order valence-electron chi connectivity index (χ0n) is 21.9. The average molecular weight is 512 g/mol. The van der Waals surface area contributed by atoms with Crippen molar-refractivity contribution in [3.8, 4) is 11.5 Å². The minimum Gasteiger partial charge on any atom is -0.507 e. The van der Waals surface area contributed by atoms with E-state index in [9.17, 15) is 14.7 Å². The number of ether oxygens (including phenoxy) is 2. The van der Waals surface area contributed by atoms with Crippen LogP contribution in [0.5, 0.6) is 11.5 Å². The number of hydrogen-bond donors (Lipinski definition) is 1. The van der Waals surface area contributed by atoms with E-state index in [2.05, 4.69) is 6.92 Å². The Morgan fingerprint density at radius 2 is 1.87 bits per heavy atom. The van der Waals surface area contributed by atoms with Gasteiger partial charge in [-0.2, -0.15) is 0 Å². The van der Waals surface area contributed by atoms with Gasteiger partial charge in [0.1, 0.15) is 23.4 Å². The molecule has 1 amide bonds. The van der Waals surface area contributed by atoms with Crippen LogP contribution in [0.3, 0.4) is 0 Å². The van der Waals surface area contributed by atoms with E-state index < -0.39 is 17.7 Å². The number of hydrogen-bond acceptors (Lipinski definition) is 5. The number of aliphatic hydroxyl groups is 1. The van der Waals surface area contributed by atoms with Gasteiger partial charge in [0.2, 0.25) is 0 Å². The second-order valence-electron chi connectivity index (χ2n) is 9.96. The van der Waals surface area contributed by atoms with Crippen LogP contribution in [0.25, 0.3) is 5.76 Å². The van der Waals surface area contributed by atoms with E-state index in [1.165, 1.54) is 0 Å². The van der Waals surface area contributed by atoms with Crippen LogP contribution >= 0.6 is 0 Å². The Bertz CT molecular complexity index is 1360. The molecule has 3 aromatic carbocycles. The summed E-state index contributed by atoms with van der Waals surface area (Å²) in [5.41, 5.74) is 3.37. The quantitative estimate of drug-likeness (QED) is 0.169. The molecule has 2 heterocycles. The fourth-order valence-electron chi connectivity index (χ4n) is 5.19. The molecule has 6 nitrogen and oxygen atoms in total. The van der Waals surface area contributed by atoms with Crippen molar-refractivity contribution in [3.05, 3.63) is 101 Å². The van der Waals surface area contributed by atoms with Gasteiger partial charge >= 0.3 is 0 Å². The fourth-order valence-corrected chi connectivity index (χ4v) is 5.19. The summed E-state index contributed by atoms with van der Waals surface area (Å²) in [6.45, 7) is 5.02. The summed E-state index contributed by atoms with van der Waals surface area (Å²) in [5, 5.41) is 11.5. The van der Waals surface area contributed by atoms with Crippen LogP contribution in [-0.2, 0) is 22.4 Å². The van der Waals surface area contributed by atoms with Gasteiger partial charge < -0.3 is 19.5 Å². The summed E-state index contributed by atoms with van der Waals surface area (Å²) in [5.74, 6) is 0.000193. The van der Waals surface area contributed by atoms with E-state index >= 15 is 0 Å². The number of ketones is 1. The molecule has 1 N–H and O–H groups in total. The first-order chi connectivity index (χ1) is 18.5. The third kappa shape index (κ3) is 5.17.